The summed E-state index contributed by atoms with van der Waals surface area (Å²) in [5.41, 5.74) is 0. The summed E-state index contributed by atoms with van der Waals surface area (Å²) in [6.07, 6.45) is 0.704. The molecule has 1 aromatic heterocycles. The highest BCUT2D eigenvalue weighted by Gasteiger charge is 2.12. The van der Waals surface area contributed by atoms with Gasteiger partial charge in [0.25, 0.3) is 0 Å². The zero-order valence-corrected chi connectivity index (χ0v) is 13.2. The second-order valence-corrected chi connectivity index (χ2v) is 6.43. The van der Waals surface area contributed by atoms with Crippen LogP contribution in [0.25, 0.3) is 0 Å². The first-order valence-corrected chi connectivity index (χ1v) is 8.00. The molecule has 0 fully saturated rings. The fourth-order valence-electron chi connectivity index (χ4n) is 1.96. The fraction of sp³-hybridized carbons (Fsp3) is 0.733. The van der Waals surface area contributed by atoms with Gasteiger partial charge in [-0.05, 0) is 30.3 Å². The Bertz CT molecular complexity index is 314. The lowest BCUT2D eigenvalue weighted by Crippen LogP contribution is -2.35. The average Bonchev–Trinajstić information content (AvgIpc) is 2.81. The van der Waals surface area contributed by atoms with Gasteiger partial charge < -0.3 is 9.84 Å². The van der Waals surface area contributed by atoms with E-state index in [0.717, 1.165) is 26.1 Å². The molecular formula is C15H27NO2S. The number of hydrogen-bond acceptors (Lipinski definition) is 4. The van der Waals surface area contributed by atoms with Crippen molar-refractivity contribution in [2.24, 2.45) is 5.92 Å². The molecule has 0 amide bonds. The molecule has 0 saturated carbocycles. The number of aliphatic hydroxyl groups excluding tert-OH is 1. The van der Waals surface area contributed by atoms with Gasteiger partial charge in [0.2, 0.25) is 0 Å². The van der Waals surface area contributed by atoms with Gasteiger partial charge in [-0.25, -0.2) is 0 Å². The van der Waals surface area contributed by atoms with Crippen LogP contribution in [0.1, 0.15) is 32.1 Å². The molecule has 1 rings (SSSR count). The largest absolute Gasteiger partial charge is 0.389 e. The lowest BCUT2D eigenvalue weighted by Gasteiger charge is -2.24. The van der Waals surface area contributed by atoms with Gasteiger partial charge in [-0.2, -0.15) is 0 Å². The van der Waals surface area contributed by atoms with Gasteiger partial charge in [0.05, 0.1) is 12.7 Å². The minimum absolute atomic E-state index is 0.398. The van der Waals surface area contributed by atoms with E-state index in [-0.39, 0.29) is 0 Å². The first kappa shape index (κ1) is 16.6. The molecular weight excluding hydrogens is 258 g/mol. The molecule has 0 radical (unpaired) electrons. The molecule has 1 unspecified atom stereocenters. The average molecular weight is 285 g/mol. The van der Waals surface area contributed by atoms with E-state index < -0.39 is 6.10 Å². The smallest absolute Gasteiger partial charge is 0.0900 e. The van der Waals surface area contributed by atoms with Crippen LogP contribution in [-0.2, 0) is 11.3 Å². The number of nitrogens with zero attached hydrogens (tertiary/aromatic N) is 1. The van der Waals surface area contributed by atoms with Crippen molar-refractivity contribution in [2.75, 3.05) is 26.3 Å². The first-order valence-electron chi connectivity index (χ1n) is 7.12. The summed E-state index contributed by atoms with van der Waals surface area (Å²) in [5, 5.41) is 12.1. The predicted octanol–water partition coefficient (Wildman–Crippen LogP) is 2.99. The SMILES string of the molecule is CCCN(Cc1cccs1)CC(O)COCC(C)C. The van der Waals surface area contributed by atoms with Crippen LogP contribution in [0, 0.1) is 5.92 Å². The summed E-state index contributed by atoms with van der Waals surface area (Å²) in [4.78, 5) is 3.65. The maximum absolute atomic E-state index is 10.0. The Balaban J connectivity index is 2.31. The van der Waals surface area contributed by atoms with E-state index in [0.29, 0.717) is 19.1 Å². The molecule has 4 heteroatoms. The number of ether oxygens (including phenoxy) is 1. The number of rotatable bonds is 10. The molecule has 110 valence electrons. The summed E-state index contributed by atoms with van der Waals surface area (Å²) in [7, 11) is 0. The Kier molecular flexibility index (Phi) is 8.30. The molecule has 1 atom stereocenters. The van der Waals surface area contributed by atoms with Crippen molar-refractivity contribution in [3.8, 4) is 0 Å². The van der Waals surface area contributed by atoms with Crippen molar-refractivity contribution in [3.63, 3.8) is 0 Å². The molecule has 1 heterocycles. The van der Waals surface area contributed by atoms with Gasteiger partial charge in [0.15, 0.2) is 0 Å². The van der Waals surface area contributed by atoms with E-state index in [9.17, 15) is 5.11 Å². The molecule has 3 nitrogen and oxygen atoms in total. The van der Waals surface area contributed by atoms with Gasteiger partial charge in [-0.15, -0.1) is 11.3 Å². The summed E-state index contributed by atoms with van der Waals surface area (Å²) in [5.74, 6) is 0.519. The zero-order chi connectivity index (χ0) is 14.1. The van der Waals surface area contributed by atoms with Crippen LogP contribution in [-0.4, -0.2) is 42.4 Å². The predicted molar refractivity (Wildman–Crippen MR) is 81.6 cm³/mol. The molecule has 0 bridgehead atoms. The van der Waals surface area contributed by atoms with Crippen LogP contribution in [0.15, 0.2) is 17.5 Å². The van der Waals surface area contributed by atoms with Crippen LogP contribution < -0.4 is 0 Å². The maximum atomic E-state index is 10.0. The molecule has 0 aromatic carbocycles. The Morgan fingerprint density at radius 2 is 2.16 bits per heavy atom. The molecule has 0 aliphatic heterocycles. The third kappa shape index (κ3) is 7.67. The Morgan fingerprint density at radius 3 is 2.74 bits per heavy atom. The van der Waals surface area contributed by atoms with E-state index >= 15 is 0 Å². The summed E-state index contributed by atoms with van der Waals surface area (Å²) < 4.78 is 5.50. The van der Waals surface area contributed by atoms with E-state index in [1.165, 1.54) is 4.88 Å². The van der Waals surface area contributed by atoms with Crippen molar-refractivity contribution < 1.29 is 9.84 Å². The molecule has 1 aromatic rings. The molecule has 0 saturated heterocycles. The second-order valence-electron chi connectivity index (χ2n) is 5.40. The minimum atomic E-state index is -0.398. The zero-order valence-electron chi connectivity index (χ0n) is 12.3. The van der Waals surface area contributed by atoms with Gasteiger partial charge in [-0.3, -0.25) is 4.90 Å². The first-order chi connectivity index (χ1) is 9.11. The Hall–Kier alpha value is -0.420. The summed E-state index contributed by atoms with van der Waals surface area (Å²) in [6, 6.07) is 4.22. The standard InChI is InChI=1S/C15H27NO2S/c1-4-7-16(10-15-6-5-8-19-15)9-14(17)12-18-11-13(2)3/h5-6,8,13-14,17H,4,7,9-12H2,1-3H3. The van der Waals surface area contributed by atoms with Crippen molar-refractivity contribution in [1.82, 2.24) is 4.90 Å². The van der Waals surface area contributed by atoms with Crippen molar-refractivity contribution in [2.45, 2.75) is 39.8 Å². The lowest BCUT2D eigenvalue weighted by molar-refractivity contribution is 0.00706. The van der Waals surface area contributed by atoms with Crippen LogP contribution in [0.3, 0.4) is 0 Å². The molecule has 0 aliphatic rings. The summed E-state index contributed by atoms with van der Waals surface area (Å²) >= 11 is 1.77. The van der Waals surface area contributed by atoms with Crippen LogP contribution >= 0.6 is 11.3 Å². The quantitative estimate of drug-likeness (QED) is 0.717. The molecule has 0 spiro atoms. The topological polar surface area (TPSA) is 32.7 Å². The van der Waals surface area contributed by atoms with Crippen LogP contribution in [0.2, 0.25) is 0 Å². The van der Waals surface area contributed by atoms with Gasteiger partial charge >= 0.3 is 0 Å². The van der Waals surface area contributed by atoms with Crippen LogP contribution in [0.5, 0.6) is 0 Å². The monoisotopic (exact) mass is 285 g/mol. The highest BCUT2D eigenvalue weighted by atomic mass is 32.1. The fourth-order valence-corrected chi connectivity index (χ4v) is 2.71. The second kappa shape index (κ2) is 9.48. The van der Waals surface area contributed by atoms with E-state index in [2.05, 4.69) is 43.2 Å². The van der Waals surface area contributed by atoms with E-state index in [1.807, 2.05) is 0 Å². The number of thiophene rings is 1. The van der Waals surface area contributed by atoms with Crippen LogP contribution in [0.4, 0.5) is 0 Å². The third-order valence-corrected chi connectivity index (χ3v) is 3.59. The lowest BCUT2D eigenvalue weighted by atomic mass is 10.2. The number of aliphatic hydroxyl groups is 1. The summed E-state index contributed by atoms with van der Waals surface area (Å²) in [6.45, 7) is 10.2. The highest BCUT2D eigenvalue weighted by Crippen LogP contribution is 2.12. The molecule has 19 heavy (non-hydrogen) atoms. The normalized spacial score (nSPS) is 13.4. The van der Waals surface area contributed by atoms with Gasteiger partial charge in [-0.1, -0.05) is 26.8 Å². The van der Waals surface area contributed by atoms with Crippen molar-refractivity contribution in [3.05, 3.63) is 22.4 Å². The minimum Gasteiger partial charge on any atom is -0.389 e. The highest BCUT2D eigenvalue weighted by molar-refractivity contribution is 7.09. The molecule has 1 N–H and O–H groups in total. The number of hydrogen-bond donors (Lipinski definition) is 1. The Morgan fingerprint density at radius 1 is 1.37 bits per heavy atom. The van der Waals surface area contributed by atoms with Gasteiger partial charge in [0.1, 0.15) is 0 Å². The van der Waals surface area contributed by atoms with E-state index in [4.69, 9.17) is 4.74 Å². The molecule has 0 aliphatic carbocycles. The Labute approximate surface area is 121 Å². The van der Waals surface area contributed by atoms with Gasteiger partial charge in [0, 0.05) is 24.6 Å². The van der Waals surface area contributed by atoms with Crippen molar-refractivity contribution in [1.29, 1.82) is 0 Å². The van der Waals surface area contributed by atoms with E-state index in [1.54, 1.807) is 11.3 Å². The third-order valence-electron chi connectivity index (χ3n) is 2.73. The maximum Gasteiger partial charge on any atom is 0.0900 e. The van der Waals surface area contributed by atoms with Crippen molar-refractivity contribution >= 4 is 11.3 Å².